The molecule has 2 aromatic rings. The molecule has 0 saturated carbocycles. The van der Waals surface area contributed by atoms with Gasteiger partial charge >= 0.3 is 5.69 Å². The van der Waals surface area contributed by atoms with Gasteiger partial charge in [-0.25, -0.2) is 4.79 Å². The van der Waals surface area contributed by atoms with Crippen LogP contribution in [0, 0.1) is 5.92 Å². The maximum Gasteiger partial charge on any atom is 0.330 e. The van der Waals surface area contributed by atoms with Gasteiger partial charge in [-0.1, -0.05) is 19.9 Å². The lowest BCUT2D eigenvalue weighted by atomic mass is 10.2. The Balaban J connectivity index is 2.45. The van der Waals surface area contributed by atoms with Gasteiger partial charge in [0.25, 0.3) is 5.56 Å². The van der Waals surface area contributed by atoms with E-state index in [4.69, 9.17) is 10.5 Å². The predicted octanol–water partition coefficient (Wildman–Crippen LogP) is 1.45. The number of ether oxygens (including phenoxy) is 1. The molecule has 0 spiro atoms. The van der Waals surface area contributed by atoms with Crippen molar-refractivity contribution in [2.75, 3.05) is 30.9 Å². The standard InChI is InChI=1S/C18H26N4O4S/c1-12(2)11-22-16(19)15(17(24)20-18(22)25)21(7-5-8-26-3)14(23)10-13-6-4-9-27-13/h4,6,9,12H,5,7-8,10-11,19H2,1-3H3,(H,20,24,25). The van der Waals surface area contributed by atoms with Crippen LogP contribution in [0.5, 0.6) is 0 Å². The third-order valence-electron chi connectivity index (χ3n) is 3.97. The smallest absolute Gasteiger partial charge is 0.330 e. The fraction of sp³-hybridized carbons (Fsp3) is 0.500. The third kappa shape index (κ3) is 5.30. The van der Waals surface area contributed by atoms with E-state index in [2.05, 4.69) is 4.98 Å². The fourth-order valence-corrected chi connectivity index (χ4v) is 3.47. The van der Waals surface area contributed by atoms with Gasteiger partial charge < -0.3 is 15.4 Å². The predicted molar refractivity (Wildman–Crippen MR) is 107 cm³/mol. The van der Waals surface area contributed by atoms with E-state index in [1.807, 2.05) is 31.4 Å². The van der Waals surface area contributed by atoms with Gasteiger partial charge in [0.15, 0.2) is 5.69 Å². The van der Waals surface area contributed by atoms with E-state index in [0.717, 1.165) is 4.88 Å². The molecule has 0 aliphatic rings. The Morgan fingerprint density at radius 2 is 2.15 bits per heavy atom. The Morgan fingerprint density at radius 1 is 1.41 bits per heavy atom. The van der Waals surface area contributed by atoms with Crippen molar-refractivity contribution in [2.24, 2.45) is 5.92 Å². The number of H-pyrrole nitrogens is 1. The SMILES string of the molecule is COCCCN(C(=O)Cc1cccs1)c1c(N)n(CC(C)C)c(=O)[nH]c1=O. The van der Waals surface area contributed by atoms with Crippen molar-refractivity contribution in [1.82, 2.24) is 9.55 Å². The van der Waals surface area contributed by atoms with Gasteiger partial charge in [-0.3, -0.25) is 19.1 Å². The van der Waals surface area contributed by atoms with Crippen molar-refractivity contribution in [3.05, 3.63) is 43.2 Å². The largest absolute Gasteiger partial charge is 0.385 e. The minimum atomic E-state index is -0.658. The minimum Gasteiger partial charge on any atom is -0.385 e. The topological polar surface area (TPSA) is 110 Å². The lowest BCUT2D eigenvalue weighted by Gasteiger charge is -2.24. The summed E-state index contributed by atoms with van der Waals surface area (Å²) in [6.07, 6.45) is 0.696. The number of aromatic nitrogens is 2. The number of nitrogen functional groups attached to an aromatic ring is 1. The molecule has 2 aromatic heterocycles. The minimum absolute atomic E-state index is 0.00870. The van der Waals surface area contributed by atoms with E-state index in [-0.39, 0.29) is 36.3 Å². The van der Waals surface area contributed by atoms with Crippen molar-refractivity contribution in [1.29, 1.82) is 0 Å². The number of nitrogens with two attached hydrogens (primary N) is 1. The van der Waals surface area contributed by atoms with E-state index in [1.54, 1.807) is 7.11 Å². The number of carbonyl (C=O) groups is 1. The molecule has 0 aliphatic carbocycles. The lowest BCUT2D eigenvalue weighted by molar-refractivity contribution is -0.118. The molecule has 1 amide bonds. The Morgan fingerprint density at radius 3 is 2.74 bits per heavy atom. The molecular weight excluding hydrogens is 368 g/mol. The molecule has 3 N–H and O–H groups in total. The molecule has 0 fully saturated rings. The first-order valence-electron chi connectivity index (χ1n) is 8.79. The van der Waals surface area contributed by atoms with Crippen LogP contribution >= 0.6 is 11.3 Å². The first-order chi connectivity index (χ1) is 12.8. The summed E-state index contributed by atoms with van der Waals surface area (Å²) in [4.78, 5) is 42.1. The van der Waals surface area contributed by atoms with Crippen LogP contribution < -0.4 is 21.9 Å². The highest BCUT2D eigenvalue weighted by atomic mass is 32.1. The summed E-state index contributed by atoms with van der Waals surface area (Å²) in [5, 5.41) is 1.89. The van der Waals surface area contributed by atoms with Gasteiger partial charge in [-0.2, -0.15) is 0 Å². The summed E-state index contributed by atoms with van der Waals surface area (Å²) in [5.74, 6) is -0.0950. The number of methoxy groups -OCH3 is 1. The molecule has 8 nitrogen and oxygen atoms in total. The van der Waals surface area contributed by atoms with Gasteiger partial charge in [0.05, 0.1) is 6.42 Å². The fourth-order valence-electron chi connectivity index (χ4n) is 2.77. The van der Waals surface area contributed by atoms with Gasteiger partial charge in [0, 0.05) is 31.7 Å². The van der Waals surface area contributed by atoms with Crippen LogP contribution in [0.3, 0.4) is 0 Å². The second kappa shape index (κ2) is 9.52. The maximum atomic E-state index is 12.9. The van der Waals surface area contributed by atoms with Gasteiger partial charge in [0.1, 0.15) is 5.82 Å². The van der Waals surface area contributed by atoms with Crippen molar-refractivity contribution in [2.45, 2.75) is 33.2 Å². The molecule has 27 heavy (non-hydrogen) atoms. The van der Waals surface area contributed by atoms with Crippen molar-refractivity contribution in [3.63, 3.8) is 0 Å². The molecule has 0 bridgehead atoms. The zero-order valence-electron chi connectivity index (χ0n) is 15.9. The number of carbonyl (C=O) groups excluding carboxylic acids is 1. The van der Waals surface area contributed by atoms with Crippen LogP contribution in [0.2, 0.25) is 0 Å². The summed E-state index contributed by atoms with van der Waals surface area (Å²) in [6, 6.07) is 3.73. The van der Waals surface area contributed by atoms with Crippen LogP contribution in [-0.4, -0.2) is 35.7 Å². The molecule has 0 unspecified atom stereocenters. The summed E-state index contributed by atoms with van der Waals surface area (Å²) < 4.78 is 6.37. The van der Waals surface area contributed by atoms with Crippen LogP contribution in [0.15, 0.2) is 27.1 Å². The molecule has 0 saturated heterocycles. The zero-order valence-corrected chi connectivity index (χ0v) is 16.7. The quantitative estimate of drug-likeness (QED) is 0.626. The van der Waals surface area contributed by atoms with Gasteiger partial charge in [0.2, 0.25) is 5.91 Å². The first kappa shape index (κ1) is 20.9. The van der Waals surface area contributed by atoms with E-state index < -0.39 is 11.2 Å². The van der Waals surface area contributed by atoms with Gasteiger partial charge in [-0.05, 0) is 23.8 Å². The summed E-state index contributed by atoms with van der Waals surface area (Å²) >= 11 is 1.47. The Hall–Kier alpha value is -2.39. The molecule has 148 valence electrons. The highest BCUT2D eigenvalue weighted by molar-refractivity contribution is 7.10. The summed E-state index contributed by atoms with van der Waals surface area (Å²) in [7, 11) is 1.57. The molecule has 0 aliphatic heterocycles. The van der Waals surface area contributed by atoms with Crippen LogP contribution in [0.4, 0.5) is 11.5 Å². The van der Waals surface area contributed by atoms with E-state index in [0.29, 0.717) is 19.6 Å². The van der Waals surface area contributed by atoms with Crippen LogP contribution in [0.1, 0.15) is 25.1 Å². The molecule has 2 rings (SSSR count). The molecule has 2 heterocycles. The van der Waals surface area contributed by atoms with Crippen LogP contribution in [-0.2, 0) is 22.5 Å². The third-order valence-corrected chi connectivity index (χ3v) is 4.84. The number of anilines is 2. The number of nitrogens with zero attached hydrogens (tertiary/aromatic N) is 2. The highest BCUT2D eigenvalue weighted by Gasteiger charge is 2.24. The van der Waals surface area contributed by atoms with Gasteiger partial charge in [-0.15, -0.1) is 11.3 Å². The molecule has 9 heteroatoms. The monoisotopic (exact) mass is 394 g/mol. The average molecular weight is 394 g/mol. The number of hydrogen-bond acceptors (Lipinski definition) is 6. The Labute approximate surface area is 161 Å². The average Bonchev–Trinajstić information content (AvgIpc) is 3.10. The number of hydrogen-bond donors (Lipinski definition) is 2. The zero-order chi connectivity index (χ0) is 20.0. The molecule has 0 atom stereocenters. The molecule has 0 radical (unpaired) electrons. The first-order valence-corrected chi connectivity index (χ1v) is 9.67. The highest BCUT2D eigenvalue weighted by Crippen LogP contribution is 2.20. The lowest BCUT2D eigenvalue weighted by Crippen LogP contribution is -2.42. The second-order valence-corrected chi connectivity index (χ2v) is 7.68. The molecular formula is C18H26N4O4S. The maximum absolute atomic E-state index is 12.9. The van der Waals surface area contributed by atoms with Crippen molar-refractivity contribution < 1.29 is 9.53 Å². The molecule has 0 aromatic carbocycles. The summed E-state index contributed by atoms with van der Waals surface area (Å²) in [5.41, 5.74) is 4.96. The summed E-state index contributed by atoms with van der Waals surface area (Å²) in [6.45, 7) is 4.93. The van der Waals surface area contributed by atoms with Crippen LogP contribution in [0.25, 0.3) is 0 Å². The number of aromatic amines is 1. The van der Waals surface area contributed by atoms with E-state index in [9.17, 15) is 14.4 Å². The number of thiophene rings is 1. The second-order valence-electron chi connectivity index (χ2n) is 6.65. The number of nitrogens with one attached hydrogen (secondary N) is 1. The van der Waals surface area contributed by atoms with Crippen molar-refractivity contribution in [3.8, 4) is 0 Å². The van der Waals surface area contributed by atoms with Crippen molar-refractivity contribution >= 4 is 28.7 Å². The van der Waals surface area contributed by atoms with E-state index in [1.165, 1.54) is 20.8 Å². The number of amides is 1. The normalized spacial score (nSPS) is 11.1. The van der Waals surface area contributed by atoms with E-state index >= 15 is 0 Å². The number of rotatable bonds is 9. The Bertz CT molecular complexity index is 870. The Kier molecular flexibility index (Phi) is 7.37.